The summed E-state index contributed by atoms with van der Waals surface area (Å²) in [6.07, 6.45) is 4.47. The highest BCUT2D eigenvalue weighted by Gasteiger charge is 2.08. The van der Waals surface area contributed by atoms with Gasteiger partial charge in [-0.3, -0.25) is 4.79 Å². The second-order valence-corrected chi connectivity index (χ2v) is 4.10. The van der Waals surface area contributed by atoms with Crippen molar-refractivity contribution in [1.29, 1.82) is 0 Å². The molecule has 102 valence electrons. The minimum absolute atomic E-state index is 0.295. The Morgan fingerprint density at radius 1 is 1.40 bits per heavy atom. The molecule has 0 fully saturated rings. The maximum absolute atomic E-state index is 12.0. The minimum atomic E-state index is -0.465. The molecule has 20 heavy (non-hydrogen) atoms. The minimum Gasteiger partial charge on any atom is -0.465 e. The summed E-state index contributed by atoms with van der Waals surface area (Å²) < 4.78 is 4.65. The molecule has 0 aliphatic heterocycles. The number of fused-ring (bicyclic) bond motifs is 1. The number of carbonyl (C=O) groups is 1. The average molecular weight is 270 g/mol. The summed E-state index contributed by atoms with van der Waals surface area (Å²) in [6, 6.07) is 4.90. The van der Waals surface area contributed by atoms with E-state index in [1.807, 2.05) is 0 Å². The largest absolute Gasteiger partial charge is 0.465 e. The van der Waals surface area contributed by atoms with Gasteiger partial charge in [0.05, 0.1) is 12.7 Å². The number of nitrogens with one attached hydrogen (secondary N) is 1. The van der Waals surface area contributed by atoms with Crippen LogP contribution in [-0.2, 0) is 4.74 Å². The topological polar surface area (TPSA) is 85.2 Å². The number of aromatic nitrogens is 1. The fraction of sp³-hybridized carbons (Fsp3) is 0.0667. The highest BCUT2D eigenvalue weighted by Crippen LogP contribution is 2.09. The van der Waals surface area contributed by atoms with E-state index in [1.165, 1.54) is 19.4 Å². The number of benzene rings is 1. The Bertz CT molecular complexity index is 863. The van der Waals surface area contributed by atoms with Gasteiger partial charge in [0.25, 0.3) is 5.56 Å². The van der Waals surface area contributed by atoms with Crippen LogP contribution in [0, 0.1) is 0 Å². The number of pyridine rings is 1. The van der Waals surface area contributed by atoms with Crippen molar-refractivity contribution >= 4 is 29.1 Å². The fourth-order valence-corrected chi connectivity index (χ4v) is 2.05. The lowest BCUT2D eigenvalue weighted by atomic mass is 10.1. The predicted octanol–water partition coefficient (Wildman–Crippen LogP) is -0.0221. The standard InChI is InChI=1S/C15H14N2O3/c1-3-4-11-12(8-16)10-6-5-9(15(19)20-2)7-13(10)17-14(11)18/h3-8H,1,16H2,2H3,(H,17,18)/b11-4+,12-8-. The fourth-order valence-electron chi connectivity index (χ4n) is 2.05. The summed E-state index contributed by atoms with van der Waals surface area (Å²) in [7, 11) is 1.30. The van der Waals surface area contributed by atoms with Crippen molar-refractivity contribution in [2.45, 2.75) is 0 Å². The van der Waals surface area contributed by atoms with E-state index in [9.17, 15) is 9.59 Å². The van der Waals surface area contributed by atoms with Gasteiger partial charge in [0, 0.05) is 27.5 Å². The molecular weight excluding hydrogens is 256 g/mol. The van der Waals surface area contributed by atoms with E-state index in [-0.39, 0.29) is 5.56 Å². The lowest BCUT2D eigenvalue weighted by molar-refractivity contribution is 0.0601. The van der Waals surface area contributed by atoms with Crippen LogP contribution in [0.2, 0.25) is 0 Å². The summed E-state index contributed by atoms with van der Waals surface area (Å²) in [6.45, 7) is 3.58. The number of carbonyl (C=O) groups excluding carboxylic acids is 1. The van der Waals surface area contributed by atoms with E-state index in [0.29, 0.717) is 21.5 Å². The third-order valence-corrected chi connectivity index (χ3v) is 2.97. The molecule has 0 radical (unpaired) electrons. The first-order valence-electron chi connectivity index (χ1n) is 5.91. The normalized spacial score (nSPS) is 12.7. The van der Waals surface area contributed by atoms with E-state index in [4.69, 9.17) is 5.73 Å². The molecular formula is C15H14N2O3. The van der Waals surface area contributed by atoms with Crippen molar-refractivity contribution in [3.05, 3.63) is 57.2 Å². The molecule has 2 aromatic rings. The van der Waals surface area contributed by atoms with Crippen LogP contribution >= 0.6 is 0 Å². The Morgan fingerprint density at radius 3 is 2.75 bits per heavy atom. The average Bonchev–Trinajstić information content (AvgIpc) is 2.46. The molecule has 1 aromatic carbocycles. The second kappa shape index (κ2) is 5.44. The molecule has 0 aliphatic carbocycles. The summed E-state index contributed by atoms with van der Waals surface area (Å²) >= 11 is 0. The summed E-state index contributed by atoms with van der Waals surface area (Å²) in [5.74, 6) is -0.465. The van der Waals surface area contributed by atoms with Crippen molar-refractivity contribution in [3.8, 4) is 0 Å². The maximum Gasteiger partial charge on any atom is 0.337 e. The molecule has 0 saturated heterocycles. The van der Waals surface area contributed by atoms with Crippen LogP contribution in [0.25, 0.3) is 23.2 Å². The van der Waals surface area contributed by atoms with Crippen LogP contribution in [-0.4, -0.2) is 18.1 Å². The molecule has 0 saturated carbocycles. The molecule has 0 aliphatic rings. The van der Waals surface area contributed by atoms with E-state index in [1.54, 1.807) is 24.3 Å². The molecule has 5 heteroatoms. The van der Waals surface area contributed by atoms with Crippen molar-refractivity contribution in [1.82, 2.24) is 4.98 Å². The SMILES string of the molecule is C=C/C=c1/c(=O)[nH]c2cc(C(=O)OC)ccc2/c1=C/N. The molecule has 1 heterocycles. The maximum atomic E-state index is 12.0. The number of nitrogens with two attached hydrogens (primary N) is 1. The van der Waals surface area contributed by atoms with Crippen LogP contribution < -0.4 is 21.7 Å². The Labute approximate surface area is 114 Å². The van der Waals surface area contributed by atoms with E-state index >= 15 is 0 Å². The number of hydrogen-bond acceptors (Lipinski definition) is 4. The summed E-state index contributed by atoms with van der Waals surface area (Å²) in [5, 5.41) is 1.77. The number of ether oxygens (including phenoxy) is 1. The zero-order chi connectivity index (χ0) is 14.7. The lowest BCUT2D eigenvalue weighted by Crippen LogP contribution is -2.41. The van der Waals surface area contributed by atoms with Crippen LogP contribution in [0.1, 0.15) is 10.4 Å². The van der Waals surface area contributed by atoms with Gasteiger partial charge in [-0.2, -0.15) is 0 Å². The van der Waals surface area contributed by atoms with Crippen LogP contribution in [0.5, 0.6) is 0 Å². The number of methoxy groups -OCH3 is 1. The molecule has 0 spiro atoms. The van der Waals surface area contributed by atoms with Gasteiger partial charge in [0.2, 0.25) is 0 Å². The second-order valence-electron chi connectivity index (χ2n) is 4.10. The Hall–Kier alpha value is -2.82. The highest BCUT2D eigenvalue weighted by atomic mass is 16.5. The number of H-pyrrole nitrogens is 1. The number of aromatic amines is 1. The zero-order valence-corrected chi connectivity index (χ0v) is 11.0. The highest BCUT2D eigenvalue weighted by molar-refractivity contribution is 5.94. The van der Waals surface area contributed by atoms with E-state index in [2.05, 4.69) is 16.3 Å². The quantitative estimate of drug-likeness (QED) is 0.751. The molecule has 1 aromatic heterocycles. The summed E-state index contributed by atoms with van der Waals surface area (Å²) in [5.41, 5.74) is 6.21. The van der Waals surface area contributed by atoms with E-state index in [0.717, 1.165) is 5.39 Å². The van der Waals surface area contributed by atoms with Gasteiger partial charge in [0.15, 0.2) is 0 Å². The van der Waals surface area contributed by atoms with Gasteiger partial charge >= 0.3 is 5.97 Å². The molecule has 3 N–H and O–H groups in total. The van der Waals surface area contributed by atoms with Gasteiger partial charge in [0.1, 0.15) is 0 Å². The van der Waals surface area contributed by atoms with Crippen LogP contribution in [0.15, 0.2) is 35.6 Å². The lowest BCUT2D eigenvalue weighted by Gasteiger charge is -2.03. The predicted molar refractivity (Wildman–Crippen MR) is 78.5 cm³/mol. The smallest absolute Gasteiger partial charge is 0.337 e. The van der Waals surface area contributed by atoms with Crippen LogP contribution in [0.4, 0.5) is 0 Å². The molecule has 0 amide bonds. The molecule has 0 bridgehead atoms. The number of allylic oxidation sites excluding steroid dienone is 1. The molecule has 2 rings (SSSR count). The van der Waals surface area contributed by atoms with E-state index < -0.39 is 5.97 Å². The van der Waals surface area contributed by atoms with Gasteiger partial charge in [-0.05, 0) is 18.2 Å². The number of hydrogen-bond donors (Lipinski definition) is 2. The first-order valence-corrected chi connectivity index (χ1v) is 5.91. The Morgan fingerprint density at radius 2 is 2.15 bits per heavy atom. The van der Waals surface area contributed by atoms with Crippen molar-refractivity contribution in [3.63, 3.8) is 0 Å². The third-order valence-electron chi connectivity index (χ3n) is 2.97. The van der Waals surface area contributed by atoms with Crippen LogP contribution in [0.3, 0.4) is 0 Å². The number of rotatable bonds is 2. The Kier molecular flexibility index (Phi) is 3.70. The van der Waals surface area contributed by atoms with Gasteiger partial charge < -0.3 is 15.5 Å². The molecule has 0 unspecified atom stereocenters. The van der Waals surface area contributed by atoms with Gasteiger partial charge in [-0.1, -0.05) is 18.7 Å². The molecule has 0 atom stereocenters. The first kappa shape index (κ1) is 13.6. The first-order chi connectivity index (χ1) is 9.62. The van der Waals surface area contributed by atoms with Crippen molar-refractivity contribution < 1.29 is 9.53 Å². The van der Waals surface area contributed by atoms with Crippen molar-refractivity contribution in [2.24, 2.45) is 5.73 Å². The zero-order valence-electron chi connectivity index (χ0n) is 11.0. The third kappa shape index (κ3) is 2.21. The van der Waals surface area contributed by atoms with Gasteiger partial charge in [-0.15, -0.1) is 0 Å². The Balaban J connectivity index is 2.93. The monoisotopic (exact) mass is 270 g/mol. The van der Waals surface area contributed by atoms with Crippen molar-refractivity contribution in [2.75, 3.05) is 7.11 Å². The summed E-state index contributed by atoms with van der Waals surface area (Å²) in [4.78, 5) is 26.2. The molecule has 5 nitrogen and oxygen atoms in total. The number of esters is 1. The van der Waals surface area contributed by atoms with Gasteiger partial charge in [-0.25, -0.2) is 4.79 Å².